The van der Waals surface area contributed by atoms with Crippen LogP contribution >= 0.6 is 0 Å². The number of imide groups is 2. The van der Waals surface area contributed by atoms with Crippen LogP contribution in [0.5, 0.6) is 0 Å². The summed E-state index contributed by atoms with van der Waals surface area (Å²) in [5.74, 6) is -3.61. The summed E-state index contributed by atoms with van der Waals surface area (Å²) in [5, 5.41) is 2.08. The van der Waals surface area contributed by atoms with E-state index in [1.54, 1.807) is 30.3 Å². The van der Waals surface area contributed by atoms with Gasteiger partial charge in [0, 0.05) is 13.0 Å². The Hall–Kier alpha value is -2.76. The highest BCUT2D eigenvalue weighted by molar-refractivity contribution is 6.26. The zero-order chi connectivity index (χ0) is 17.0. The predicted octanol–water partition coefficient (Wildman–Crippen LogP) is 1.46. The number of carbonyl (C=O) groups excluding carboxylic acids is 4. The first kappa shape index (κ1) is 16.6. The Morgan fingerprint density at radius 1 is 1.17 bits per heavy atom. The SMILES string of the molecule is CC(C)=CCN1C(=O)NC(=O)C(C(=O)Cc2ccccc2)C1=O. The zero-order valence-electron chi connectivity index (χ0n) is 13.0. The minimum atomic E-state index is -1.47. The lowest BCUT2D eigenvalue weighted by molar-refractivity contribution is -0.147. The van der Waals surface area contributed by atoms with E-state index in [2.05, 4.69) is 5.32 Å². The number of Topliss-reactive ketones (excluding diaryl/α,β-unsaturated/α-hetero) is 1. The van der Waals surface area contributed by atoms with Crippen LogP contribution in [0.25, 0.3) is 0 Å². The van der Waals surface area contributed by atoms with Gasteiger partial charge in [0.2, 0.25) is 5.91 Å². The van der Waals surface area contributed by atoms with Crippen LogP contribution in [0.4, 0.5) is 4.79 Å². The fraction of sp³-hybridized carbons (Fsp3) is 0.294. The highest BCUT2D eigenvalue weighted by atomic mass is 16.2. The summed E-state index contributed by atoms with van der Waals surface area (Å²) >= 11 is 0. The van der Waals surface area contributed by atoms with Gasteiger partial charge in [-0.25, -0.2) is 4.79 Å². The van der Waals surface area contributed by atoms with Gasteiger partial charge in [-0.3, -0.25) is 24.6 Å². The van der Waals surface area contributed by atoms with Crippen LogP contribution in [0.15, 0.2) is 42.0 Å². The van der Waals surface area contributed by atoms with Crippen LogP contribution in [-0.4, -0.2) is 35.1 Å². The van der Waals surface area contributed by atoms with Crippen molar-refractivity contribution in [3.05, 3.63) is 47.5 Å². The van der Waals surface area contributed by atoms with Crippen molar-refractivity contribution < 1.29 is 19.2 Å². The van der Waals surface area contributed by atoms with E-state index in [4.69, 9.17) is 0 Å². The first-order valence-corrected chi connectivity index (χ1v) is 7.26. The van der Waals surface area contributed by atoms with E-state index in [0.29, 0.717) is 5.56 Å². The minimum absolute atomic E-state index is 0.0324. The van der Waals surface area contributed by atoms with Gasteiger partial charge in [-0.1, -0.05) is 42.0 Å². The third-order valence-electron chi connectivity index (χ3n) is 3.48. The summed E-state index contributed by atoms with van der Waals surface area (Å²) in [4.78, 5) is 49.3. The van der Waals surface area contributed by atoms with Crippen LogP contribution in [0.1, 0.15) is 19.4 Å². The third kappa shape index (κ3) is 3.91. The summed E-state index contributed by atoms with van der Waals surface area (Å²) < 4.78 is 0. The van der Waals surface area contributed by atoms with Crippen LogP contribution in [0.3, 0.4) is 0 Å². The molecule has 1 aromatic rings. The summed E-state index contributed by atoms with van der Waals surface area (Å²) in [6.45, 7) is 3.69. The largest absolute Gasteiger partial charge is 0.331 e. The highest BCUT2D eigenvalue weighted by Gasteiger charge is 2.43. The molecular weight excluding hydrogens is 296 g/mol. The molecule has 2 rings (SSSR count). The number of amides is 4. The number of nitrogens with zero attached hydrogens (tertiary/aromatic N) is 1. The Bertz CT molecular complexity index is 675. The number of allylic oxidation sites excluding steroid dienone is 1. The van der Waals surface area contributed by atoms with Crippen molar-refractivity contribution >= 4 is 23.6 Å². The monoisotopic (exact) mass is 314 g/mol. The van der Waals surface area contributed by atoms with E-state index >= 15 is 0 Å². The van der Waals surface area contributed by atoms with Gasteiger partial charge >= 0.3 is 6.03 Å². The fourth-order valence-electron chi connectivity index (χ4n) is 2.24. The summed E-state index contributed by atoms with van der Waals surface area (Å²) in [5.41, 5.74) is 1.64. The van der Waals surface area contributed by atoms with E-state index in [1.165, 1.54) is 0 Å². The van der Waals surface area contributed by atoms with Crippen molar-refractivity contribution in [2.45, 2.75) is 20.3 Å². The number of rotatable bonds is 5. The van der Waals surface area contributed by atoms with Crippen LogP contribution in [-0.2, 0) is 20.8 Å². The molecule has 4 amide bonds. The van der Waals surface area contributed by atoms with Crippen molar-refractivity contribution in [3.63, 3.8) is 0 Å². The zero-order valence-corrected chi connectivity index (χ0v) is 13.0. The maximum atomic E-state index is 12.4. The van der Waals surface area contributed by atoms with Gasteiger partial charge in [0.05, 0.1) is 0 Å². The third-order valence-corrected chi connectivity index (χ3v) is 3.48. The van der Waals surface area contributed by atoms with E-state index in [0.717, 1.165) is 10.5 Å². The molecule has 0 spiro atoms. The number of hydrogen-bond acceptors (Lipinski definition) is 4. The Morgan fingerprint density at radius 3 is 2.43 bits per heavy atom. The molecule has 0 bridgehead atoms. The number of urea groups is 1. The molecule has 1 heterocycles. The second-order valence-corrected chi connectivity index (χ2v) is 5.59. The molecule has 1 unspecified atom stereocenters. The maximum absolute atomic E-state index is 12.4. The van der Waals surface area contributed by atoms with Gasteiger partial charge in [0.1, 0.15) is 0 Å². The second-order valence-electron chi connectivity index (χ2n) is 5.59. The molecule has 1 aliphatic heterocycles. The Balaban J connectivity index is 2.17. The predicted molar refractivity (Wildman–Crippen MR) is 83.3 cm³/mol. The Morgan fingerprint density at radius 2 is 1.83 bits per heavy atom. The van der Waals surface area contributed by atoms with E-state index in [9.17, 15) is 19.2 Å². The minimum Gasteiger partial charge on any atom is -0.298 e. The summed E-state index contributed by atoms with van der Waals surface area (Å²) in [6.07, 6.45) is 1.65. The molecule has 6 heteroatoms. The number of hydrogen-bond donors (Lipinski definition) is 1. The van der Waals surface area contributed by atoms with Gasteiger partial charge in [-0.2, -0.15) is 0 Å². The highest BCUT2D eigenvalue weighted by Crippen LogP contribution is 2.15. The normalized spacial score (nSPS) is 17.7. The number of ketones is 1. The average Bonchev–Trinajstić information content (AvgIpc) is 2.47. The summed E-state index contributed by atoms with van der Waals surface area (Å²) in [7, 11) is 0. The standard InChI is InChI=1S/C17H18N2O4/c1-11(2)8-9-19-16(22)14(15(21)18-17(19)23)13(20)10-12-6-4-3-5-7-12/h3-8,14H,9-10H2,1-2H3,(H,18,21,23). The summed E-state index contributed by atoms with van der Waals surface area (Å²) in [6, 6.07) is 8.06. The molecule has 1 saturated heterocycles. The quantitative estimate of drug-likeness (QED) is 0.659. The molecule has 0 aromatic heterocycles. The lowest BCUT2D eigenvalue weighted by Crippen LogP contribution is -2.60. The second kappa shape index (κ2) is 7.00. The van der Waals surface area contributed by atoms with E-state index in [-0.39, 0.29) is 13.0 Å². The first-order valence-electron chi connectivity index (χ1n) is 7.26. The van der Waals surface area contributed by atoms with E-state index < -0.39 is 29.5 Å². The maximum Gasteiger partial charge on any atom is 0.331 e. The number of barbiturate groups is 1. The van der Waals surface area contributed by atoms with E-state index in [1.807, 2.05) is 19.9 Å². The van der Waals surface area contributed by atoms with Gasteiger partial charge in [0.25, 0.3) is 5.91 Å². The van der Waals surface area contributed by atoms with Gasteiger partial charge in [-0.15, -0.1) is 0 Å². The van der Waals surface area contributed by atoms with Crippen molar-refractivity contribution in [1.82, 2.24) is 10.2 Å². The molecule has 1 fully saturated rings. The molecule has 0 radical (unpaired) electrons. The average molecular weight is 314 g/mol. The molecular formula is C17H18N2O4. The van der Waals surface area contributed by atoms with Crippen molar-refractivity contribution in [2.24, 2.45) is 5.92 Å². The molecule has 1 N–H and O–H groups in total. The fourth-order valence-corrected chi connectivity index (χ4v) is 2.24. The van der Waals surface area contributed by atoms with Gasteiger partial charge in [0.15, 0.2) is 11.7 Å². The molecule has 23 heavy (non-hydrogen) atoms. The molecule has 1 atom stereocenters. The molecule has 0 aliphatic carbocycles. The van der Waals surface area contributed by atoms with Crippen molar-refractivity contribution in [2.75, 3.05) is 6.54 Å². The molecule has 0 saturated carbocycles. The van der Waals surface area contributed by atoms with Gasteiger partial charge in [-0.05, 0) is 19.4 Å². The Kier molecular flexibility index (Phi) is 5.05. The number of benzene rings is 1. The molecule has 1 aromatic carbocycles. The topological polar surface area (TPSA) is 83.6 Å². The number of nitrogens with one attached hydrogen (secondary N) is 1. The lowest BCUT2D eigenvalue weighted by Gasteiger charge is -2.28. The van der Waals surface area contributed by atoms with Crippen LogP contribution in [0.2, 0.25) is 0 Å². The van der Waals surface area contributed by atoms with Gasteiger partial charge < -0.3 is 0 Å². The smallest absolute Gasteiger partial charge is 0.298 e. The van der Waals surface area contributed by atoms with Crippen molar-refractivity contribution in [1.29, 1.82) is 0 Å². The molecule has 6 nitrogen and oxygen atoms in total. The first-order chi connectivity index (χ1) is 10.9. The lowest BCUT2D eigenvalue weighted by atomic mass is 9.94. The molecule has 1 aliphatic rings. The Labute approximate surface area is 134 Å². The van der Waals surface area contributed by atoms with Crippen LogP contribution < -0.4 is 5.32 Å². The number of carbonyl (C=O) groups is 4. The van der Waals surface area contributed by atoms with Crippen LogP contribution in [0, 0.1) is 5.92 Å². The molecule has 120 valence electrons. The van der Waals surface area contributed by atoms with Crippen molar-refractivity contribution in [3.8, 4) is 0 Å².